The highest BCUT2D eigenvalue weighted by atomic mass is 16.6. The summed E-state index contributed by atoms with van der Waals surface area (Å²) >= 11 is 0. The molecule has 0 bridgehead atoms. The van der Waals surface area contributed by atoms with Gasteiger partial charge in [-0.05, 0) is 56.5 Å². The van der Waals surface area contributed by atoms with Gasteiger partial charge in [0, 0.05) is 66.3 Å². The molecule has 0 saturated carbocycles. The molecule has 3 N–H and O–H groups in total. The number of aromatic amines is 1. The predicted octanol–water partition coefficient (Wildman–Crippen LogP) is 5.04. The van der Waals surface area contributed by atoms with Crippen molar-refractivity contribution < 1.29 is 14.3 Å². The zero-order valence-corrected chi connectivity index (χ0v) is 23.2. The Hall–Kier alpha value is -4.99. The van der Waals surface area contributed by atoms with Crippen molar-refractivity contribution >= 4 is 45.3 Å². The van der Waals surface area contributed by atoms with E-state index in [1.807, 2.05) is 57.2 Å². The van der Waals surface area contributed by atoms with E-state index in [9.17, 15) is 9.59 Å². The van der Waals surface area contributed by atoms with Crippen LogP contribution >= 0.6 is 0 Å². The molecule has 1 fully saturated rings. The van der Waals surface area contributed by atoms with Crippen LogP contribution in [0.3, 0.4) is 0 Å². The quantitative estimate of drug-likeness (QED) is 0.235. The van der Waals surface area contributed by atoms with Gasteiger partial charge in [0.05, 0.1) is 0 Å². The molecule has 208 valence electrons. The Morgan fingerprint density at radius 1 is 0.927 bits per heavy atom. The third-order valence-corrected chi connectivity index (χ3v) is 7.07. The van der Waals surface area contributed by atoms with E-state index in [4.69, 9.17) is 15.5 Å². The maximum atomic E-state index is 13.5. The number of carbonyl (C=O) groups excluding carboxylic acids is 2. The second-order valence-corrected chi connectivity index (χ2v) is 11.1. The summed E-state index contributed by atoms with van der Waals surface area (Å²) in [6.45, 7) is 7.89. The number of nitrogens with one attached hydrogen (secondary N) is 1. The molecule has 0 spiro atoms. The SMILES string of the molecule is CC(C)(C)OC(=O)N1CCN(c2ccc3nc(C(=O)c4ccc(N)c(-c5cncc6ccccc56)c4)[nH]c3n2)CC1. The van der Waals surface area contributed by atoms with Crippen molar-refractivity contribution in [3.63, 3.8) is 0 Å². The lowest BCUT2D eigenvalue weighted by Gasteiger charge is -2.36. The molecular formula is C31H31N7O3. The van der Waals surface area contributed by atoms with Crippen LogP contribution in [0.15, 0.2) is 67.0 Å². The summed E-state index contributed by atoms with van der Waals surface area (Å²) in [5, 5.41) is 2.00. The van der Waals surface area contributed by atoms with Gasteiger partial charge in [-0.25, -0.2) is 14.8 Å². The van der Waals surface area contributed by atoms with Crippen molar-refractivity contribution in [2.24, 2.45) is 0 Å². The Morgan fingerprint density at radius 3 is 2.49 bits per heavy atom. The van der Waals surface area contributed by atoms with Crippen LogP contribution in [0.1, 0.15) is 37.0 Å². The molecule has 0 unspecified atom stereocenters. The molecule has 3 aromatic heterocycles. The van der Waals surface area contributed by atoms with Gasteiger partial charge < -0.3 is 25.3 Å². The number of pyridine rings is 2. The molecule has 6 rings (SSSR count). The molecule has 2 aromatic carbocycles. The van der Waals surface area contributed by atoms with Gasteiger partial charge in [-0.2, -0.15) is 0 Å². The molecule has 0 aliphatic carbocycles. The summed E-state index contributed by atoms with van der Waals surface area (Å²) in [5.74, 6) is 0.693. The summed E-state index contributed by atoms with van der Waals surface area (Å²) in [5.41, 5.74) is 9.55. The first-order chi connectivity index (χ1) is 19.7. The van der Waals surface area contributed by atoms with Gasteiger partial charge >= 0.3 is 6.09 Å². The average molecular weight is 550 g/mol. The van der Waals surface area contributed by atoms with Crippen LogP contribution in [0.2, 0.25) is 0 Å². The lowest BCUT2D eigenvalue weighted by molar-refractivity contribution is 0.0240. The van der Waals surface area contributed by atoms with Crippen LogP contribution in [0.5, 0.6) is 0 Å². The van der Waals surface area contributed by atoms with Crippen LogP contribution in [0.25, 0.3) is 33.1 Å². The van der Waals surface area contributed by atoms with Crippen molar-refractivity contribution in [2.45, 2.75) is 26.4 Å². The Kier molecular flexibility index (Phi) is 6.53. The van der Waals surface area contributed by atoms with E-state index in [0.717, 1.165) is 27.7 Å². The van der Waals surface area contributed by atoms with Crippen LogP contribution in [-0.2, 0) is 4.74 Å². The molecule has 10 nitrogen and oxygen atoms in total. The fourth-order valence-electron chi connectivity index (χ4n) is 5.01. The van der Waals surface area contributed by atoms with Crippen LogP contribution in [-0.4, -0.2) is 68.5 Å². The molecule has 1 aliphatic heterocycles. The number of aromatic nitrogens is 4. The van der Waals surface area contributed by atoms with E-state index in [0.29, 0.717) is 48.6 Å². The number of rotatable bonds is 4. The fraction of sp³-hybridized carbons (Fsp3) is 0.258. The molecule has 4 heterocycles. The average Bonchev–Trinajstić information content (AvgIpc) is 3.40. The number of carbonyl (C=O) groups is 2. The Labute approximate surface area is 237 Å². The summed E-state index contributed by atoms with van der Waals surface area (Å²) in [6.07, 6.45) is 3.27. The maximum absolute atomic E-state index is 13.5. The van der Waals surface area contributed by atoms with Crippen molar-refractivity contribution in [3.05, 3.63) is 78.4 Å². The van der Waals surface area contributed by atoms with E-state index in [-0.39, 0.29) is 17.7 Å². The number of anilines is 2. The first-order valence-electron chi connectivity index (χ1n) is 13.5. The second kappa shape index (κ2) is 10.2. The van der Waals surface area contributed by atoms with Gasteiger partial charge in [0.2, 0.25) is 5.78 Å². The third kappa shape index (κ3) is 5.28. The van der Waals surface area contributed by atoms with Crippen LogP contribution in [0.4, 0.5) is 16.3 Å². The molecule has 1 saturated heterocycles. The van der Waals surface area contributed by atoms with Crippen molar-refractivity contribution in [1.82, 2.24) is 24.8 Å². The number of ketones is 1. The fourth-order valence-corrected chi connectivity index (χ4v) is 5.01. The number of hydrogen-bond donors (Lipinski definition) is 2. The predicted molar refractivity (Wildman–Crippen MR) is 159 cm³/mol. The van der Waals surface area contributed by atoms with Gasteiger partial charge in [0.1, 0.15) is 16.9 Å². The number of nitrogen functional groups attached to an aromatic ring is 1. The number of piperazine rings is 1. The largest absolute Gasteiger partial charge is 0.444 e. The van der Waals surface area contributed by atoms with Crippen molar-refractivity contribution in [2.75, 3.05) is 36.8 Å². The van der Waals surface area contributed by atoms with E-state index in [1.165, 1.54) is 0 Å². The number of nitrogens with two attached hydrogens (primary N) is 1. The number of imidazole rings is 1. The number of fused-ring (bicyclic) bond motifs is 2. The highest BCUT2D eigenvalue weighted by molar-refractivity contribution is 6.09. The Bertz CT molecular complexity index is 1780. The molecule has 1 amide bonds. The number of hydrogen-bond acceptors (Lipinski definition) is 8. The minimum Gasteiger partial charge on any atom is -0.444 e. The minimum absolute atomic E-state index is 0.200. The van der Waals surface area contributed by atoms with Gasteiger partial charge in [-0.1, -0.05) is 24.3 Å². The number of amides is 1. The summed E-state index contributed by atoms with van der Waals surface area (Å²) in [7, 11) is 0. The van der Waals surface area contributed by atoms with Crippen molar-refractivity contribution in [1.29, 1.82) is 0 Å². The van der Waals surface area contributed by atoms with Crippen LogP contribution in [0, 0.1) is 0 Å². The first kappa shape index (κ1) is 26.2. The maximum Gasteiger partial charge on any atom is 0.410 e. The second-order valence-electron chi connectivity index (χ2n) is 11.1. The molecule has 0 atom stereocenters. The number of ether oxygens (including phenoxy) is 1. The first-order valence-corrected chi connectivity index (χ1v) is 13.5. The number of nitrogens with zero attached hydrogens (tertiary/aromatic N) is 5. The summed E-state index contributed by atoms with van der Waals surface area (Å²) in [4.78, 5) is 46.5. The Balaban J connectivity index is 1.22. The monoisotopic (exact) mass is 549 g/mol. The zero-order valence-electron chi connectivity index (χ0n) is 23.2. The molecule has 10 heteroatoms. The topological polar surface area (TPSA) is 130 Å². The Morgan fingerprint density at radius 2 is 1.71 bits per heavy atom. The molecule has 0 radical (unpaired) electrons. The van der Waals surface area contributed by atoms with Gasteiger partial charge in [-0.3, -0.25) is 9.78 Å². The standard InChI is InChI=1S/C31H31N7O3/c1-31(2,3)41-30(40)38-14-12-37(13-15-38)26-11-10-25-28(35-26)36-29(34-25)27(39)19-8-9-24(32)22(16-19)23-18-33-17-20-6-4-5-7-21(20)23/h4-11,16-18H,12-15,32H2,1-3H3,(H,34,35,36). The van der Waals surface area contributed by atoms with Gasteiger partial charge in [0.15, 0.2) is 11.5 Å². The van der Waals surface area contributed by atoms with E-state index >= 15 is 0 Å². The minimum atomic E-state index is -0.530. The number of benzene rings is 2. The molecule has 41 heavy (non-hydrogen) atoms. The normalized spacial score (nSPS) is 14.0. The molecule has 5 aromatic rings. The van der Waals surface area contributed by atoms with Crippen LogP contribution < -0.4 is 10.6 Å². The lowest BCUT2D eigenvalue weighted by Crippen LogP contribution is -2.50. The summed E-state index contributed by atoms with van der Waals surface area (Å²) < 4.78 is 5.49. The number of H-pyrrole nitrogens is 1. The molecule has 1 aliphatic rings. The van der Waals surface area contributed by atoms with E-state index in [2.05, 4.69) is 19.9 Å². The van der Waals surface area contributed by atoms with E-state index in [1.54, 1.807) is 35.5 Å². The van der Waals surface area contributed by atoms with Crippen molar-refractivity contribution in [3.8, 4) is 11.1 Å². The zero-order chi connectivity index (χ0) is 28.7. The van der Waals surface area contributed by atoms with E-state index < -0.39 is 5.60 Å². The summed E-state index contributed by atoms with van der Waals surface area (Å²) in [6, 6.07) is 16.9. The highest BCUT2D eigenvalue weighted by Crippen LogP contribution is 2.33. The van der Waals surface area contributed by atoms with Gasteiger partial charge in [-0.15, -0.1) is 0 Å². The smallest absolute Gasteiger partial charge is 0.410 e. The lowest BCUT2D eigenvalue weighted by atomic mass is 9.96. The third-order valence-electron chi connectivity index (χ3n) is 7.07. The highest BCUT2D eigenvalue weighted by Gasteiger charge is 2.27. The van der Waals surface area contributed by atoms with Gasteiger partial charge in [0.25, 0.3) is 0 Å². The molecular weight excluding hydrogens is 518 g/mol.